The van der Waals surface area contributed by atoms with Crippen molar-refractivity contribution in [1.82, 2.24) is 5.32 Å². The smallest absolute Gasteiger partial charge is 0.305 e. The van der Waals surface area contributed by atoms with Gasteiger partial charge in [0, 0.05) is 12.8 Å². The van der Waals surface area contributed by atoms with Gasteiger partial charge in [-0.15, -0.1) is 0 Å². The van der Waals surface area contributed by atoms with Crippen molar-refractivity contribution in [3.05, 3.63) is 12.2 Å². The van der Waals surface area contributed by atoms with Gasteiger partial charge in [-0.2, -0.15) is 0 Å². The molecule has 0 bridgehead atoms. The lowest BCUT2D eigenvalue weighted by molar-refractivity contribution is -0.143. The van der Waals surface area contributed by atoms with Crippen LogP contribution >= 0.6 is 0 Å². The van der Waals surface area contributed by atoms with Crippen molar-refractivity contribution in [2.24, 2.45) is 0 Å². The van der Waals surface area contributed by atoms with Gasteiger partial charge in [0.25, 0.3) is 0 Å². The van der Waals surface area contributed by atoms with Gasteiger partial charge in [-0.25, -0.2) is 0 Å². The van der Waals surface area contributed by atoms with E-state index in [-0.39, 0.29) is 18.5 Å². The number of hydrogen-bond donors (Lipinski definition) is 3. The van der Waals surface area contributed by atoms with E-state index in [0.29, 0.717) is 19.4 Å². The van der Waals surface area contributed by atoms with Gasteiger partial charge in [0.15, 0.2) is 0 Å². The maximum Gasteiger partial charge on any atom is 0.305 e. The minimum atomic E-state index is -0.844. The second-order valence-corrected chi connectivity index (χ2v) is 23.9. The van der Waals surface area contributed by atoms with Crippen molar-refractivity contribution in [1.29, 1.82) is 0 Å². The molecule has 0 aromatic carbocycles. The number of esters is 1. The largest absolute Gasteiger partial charge is 0.466 e. The van der Waals surface area contributed by atoms with Crippen LogP contribution < -0.4 is 5.32 Å². The van der Waals surface area contributed by atoms with Crippen molar-refractivity contribution in [2.45, 2.75) is 405 Å². The molecule has 6 heteroatoms. The Bertz CT molecular complexity index is 1130. The summed E-state index contributed by atoms with van der Waals surface area (Å²) in [6.07, 6.45) is 79.9. The van der Waals surface area contributed by atoms with E-state index in [1.807, 2.05) is 6.08 Å². The maximum absolute atomic E-state index is 12.5. The highest BCUT2D eigenvalue weighted by atomic mass is 16.5. The minimum absolute atomic E-state index is 0.0172. The molecule has 0 aliphatic rings. The standard InChI is InChI=1S/C69H135NO5/c1-3-5-7-9-11-13-15-17-19-20-21-25-28-31-34-37-41-45-49-53-57-61-67(72)66(65-71)70-68(73)62-58-54-50-46-42-38-35-32-29-26-23-22-24-27-30-33-36-40-44-48-52-56-60-64-75-69(74)63-59-55-51-47-43-39-18-16-14-12-10-8-6-4-2/h57,61,66-67,71-72H,3-56,58-60,62-65H2,1-2H3,(H,70,73)/b61-57+. The molecule has 3 N–H and O–H groups in total. The van der Waals surface area contributed by atoms with E-state index in [1.165, 1.54) is 327 Å². The van der Waals surface area contributed by atoms with Gasteiger partial charge in [0.1, 0.15) is 0 Å². The number of amides is 1. The first-order valence-electron chi connectivity index (χ1n) is 34.5. The highest BCUT2D eigenvalue weighted by molar-refractivity contribution is 5.76. The predicted molar refractivity (Wildman–Crippen MR) is 329 cm³/mol. The number of allylic oxidation sites excluding steroid dienone is 1. The molecule has 0 heterocycles. The molecule has 0 radical (unpaired) electrons. The Labute approximate surface area is 469 Å². The van der Waals surface area contributed by atoms with Crippen molar-refractivity contribution in [3.63, 3.8) is 0 Å². The van der Waals surface area contributed by atoms with E-state index in [1.54, 1.807) is 6.08 Å². The minimum Gasteiger partial charge on any atom is -0.466 e. The molecule has 0 aromatic rings. The first-order valence-corrected chi connectivity index (χ1v) is 34.5. The molecule has 2 atom stereocenters. The zero-order valence-electron chi connectivity index (χ0n) is 51.1. The molecule has 446 valence electrons. The fraction of sp³-hybridized carbons (Fsp3) is 0.942. The third kappa shape index (κ3) is 61.7. The summed E-state index contributed by atoms with van der Waals surface area (Å²) in [4.78, 5) is 24.6. The monoisotopic (exact) mass is 1060 g/mol. The topological polar surface area (TPSA) is 95.9 Å². The molecule has 75 heavy (non-hydrogen) atoms. The summed E-state index contributed by atoms with van der Waals surface area (Å²) in [6, 6.07) is -0.628. The number of aliphatic hydroxyl groups excluding tert-OH is 2. The Kier molecular flexibility index (Phi) is 63.9. The number of nitrogens with one attached hydrogen (secondary N) is 1. The van der Waals surface area contributed by atoms with Crippen molar-refractivity contribution < 1.29 is 24.5 Å². The Balaban J connectivity index is 3.39. The second kappa shape index (κ2) is 65.1. The van der Waals surface area contributed by atoms with E-state index < -0.39 is 12.1 Å². The molecular weight excluding hydrogens is 923 g/mol. The average Bonchev–Trinajstić information content (AvgIpc) is 3.41. The Morgan fingerprint density at radius 1 is 0.360 bits per heavy atom. The van der Waals surface area contributed by atoms with E-state index in [0.717, 1.165) is 38.5 Å². The van der Waals surface area contributed by atoms with Crippen LogP contribution in [0.15, 0.2) is 12.2 Å². The molecule has 0 saturated heterocycles. The zero-order chi connectivity index (χ0) is 54.3. The fourth-order valence-electron chi connectivity index (χ4n) is 11.1. The van der Waals surface area contributed by atoms with Gasteiger partial charge < -0.3 is 20.3 Å². The van der Waals surface area contributed by atoms with Gasteiger partial charge in [-0.05, 0) is 32.1 Å². The number of aliphatic hydroxyl groups is 2. The molecule has 0 saturated carbocycles. The molecule has 0 rings (SSSR count). The highest BCUT2D eigenvalue weighted by Gasteiger charge is 2.18. The van der Waals surface area contributed by atoms with Crippen LogP contribution in [-0.2, 0) is 14.3 Å². The lowest BCUT2D eigenvalue weighted by Gasteiger charge is -2.20. The van der Waals surface area contributed by atoms with Crippen LogP contribution in [-0.4, -0.2) is 47.4 Å². The number of carbonyl (C=O) groups excluding carboxylic acids is 2. The first kappa shape index (κ1) is 73.6. The number of unbranched alkanes of at least 4 members (excludes halogenated alkanes) is 54. The molecule has 1 amide bonds. The van der Waals surface area contributed by atoms with Gasteiger partial charge in [-0.1, -0.05) is 360 Å². The van der Waals surface area contributed by atoms with Crippen LogP contribution in [0.4, 0.5) is 0 Å². The molecule has 0 spiro atoms. The molecule has 0 fully saturated rings. The Hall–Kier alpha value is -1.40. The third-order valence-corrected chi connectivity index (χ3v) is 16.3. The molecule has 0 aliphatic carbocycles. The summed E-state index contributed by atoms with van der Waals surface area (Å²) >= 11 is 0. The third-order valence-electron chi connectivity index (χ3n) is 16.3. The van der Waals surface area contributed by atoms with Crippen LogP contribution in [0.1, 0.15) is 393 Å². The van der Waals surface area contributed by atoms with Crippen LogP contribution in [0, 0.1) is 0 Å². The van der Waals surface area contributed by atoms with Crippen molar-refractivity contribution in [2.75, 3.05) is 13.2 Å². The molecule has 0 aliphatic heterocycles. The van der Waals surface area contributed by atoms with Crippen molar-refractivity contribution >= 4 is 11.9 Å². The Morgan fingerprint density at radius 3 is 0.907 bits per heavy atom. The SMILES string of the molecule is CCCCCCCCCCCCCCCCCCCCC/C=C/C(O)C(CO)NC(=O)CCCCCCCCCCCCCCCCCCCCCCCCCOC(=O)CCCCCCCCCCCCCCCC. The van der Waals surface area contributed by atoms with Crippen LogP contribution in [0.5, 0.6) is 0 Å². The number of hydrogen-bond acceptors (Lipinski definition) is 5. The molecule has 6 nitrogen and oxygen atoms in total. The fourth-order valence-corrected chi connectivity index (χ4v) is 11.1. The van der Waals surface area contributed by atoms with Gasteiger partial charge in [0.2, 0.25) is 5.91 Å². The van der Waals surface area contributed by atoms with Gasteiger partial charge >= 0.3 is 5.97 Å². The van der Waals surface area contributed by atoms with E-state index >= 15 is 0 Å². The average molecular weight is 1060 g/mol. The normalized spacial score (nSPS) is 12.5. The van der Waals surface area contributed by atoms with Gasteiger partial charge in [0.05, 0.1) is 25.4 Å². The highest BCUT2D eigenvalue weighted by Crippen LogP contribution is 2.19. The number of ether oxygens (including phenoxy) is 1. The quantitative estimate of drug-likeness (QED) is 0.0320. The van der Waals surface area contributed by atoms with Crippen LogP contribution in [0.3, 0.4) is 0 Å². The molecular formula is C69H135NO5. The van der Waals surface area contributed by atoms with Crippen molar-refractivity contribution in [3.8, 4) is 0 Å². The van der Waals surface area contributed by atoms with Gasteiger partial charge in [-0.3, -0.25) is 9.59 Å². The van der Waals surface area contributed by atoms with E-state index in [2.05, 4.69) is 19.2 Å². The predicted octanol–water partition coefficient (Wildman–Crippen LogP) is 22.0. The number of rotatable bonds is 65. The zero-order valence-corrected chi connectivity index (χ0v) is 51.1. The van der Waals surface area contributed by atoms with Crippen LogP contribution in [0.25, 0.3) is 0 Å². The summed E-state index contributed by atoms with van der Waals surface area (Å²) in [5, 5.41) is 23.2. The summed E-state index contributed by atoms with van der Waals surface area (Å²) in [5.74, 6) is -0.0457. The molecule has 0 aromatic heterocycles. The summed E-state index contributed by atoms with van der Waals surface area (Å²) < 4.78 is 5.49. The lowest BCUT2D eigenvalue weighted by Crippen LogP contribution is -2.45. The summed E-state index contributed by atoms with van der Waals surface area (Å²) in [5.41, 5.74) is 0. The number of carbonyl (C=O) groups is 2. The van der Waals surface area contributed by atoms with E-state index in [9.17, 15) is 19.8 Å². The first-order chi connectivity index (χ1) is 37.0. The maximum atomic E-state index is 12.5. The second-order valence-electron chi connectivity index (χ2n) is 23.9. The molecule has 2 unspecified atom stereocenters. The van der Waals surface area contributed by atoms with E-state index in [4.69, 9.17) is 4.74 Å². The van der Waals surface area contributed by atoms with Crippen LogP contribution in [0.2, 0.25) is 0 Å². The Morgan fingerprint density at radius 2 is 0.613 bits per heavy atom. The summed E-state index contributed by atoms with van der Waals surface area (Å²) in [6.45, 7) is 4.95. The summed E-state index contributed by atoms with van der Waals surface area (Å²) in [7, 11) is 0. The lowest BCUT2D eigenvalue weighted by atomic mass is 10.0.